The number of anilines is 1. The van der Waals surface area contributed by atoms with Crippen molar-refractivity contribution >= 4 is 29.2 Å². The molecule has 1 saturated heterocycles. The first kappa shape index (κ1) is 19.9. The normalized spacial score (nSPS) is 17.6. The molecule has 152 valence electrons. The summed E-state index contributed by atoms with van der Waals surface area (Å²) in [4.78, 5) is 27.9. The number of fused-ring (bicyclic) bond motifs is 1. The van der Waals surface area contributed by atoms with Crippen molar-refractivity contribution < 1.29 is 14.7 Å². The summed E-state index contributed by atoms with van der Waals surface area (Å²) in [5.74, 6) is -0.993. The predicted molar refractivity (Wildman–Crippen MR) is 111 cm³/mol. The van der Waals surface area contributed by atoms with Gasteiger partial charge in [-0.15, -0.1) is 0 Å². The molecule has 0 unspecified atom stereocenters. The number of amides is 1. The second-order valence-corrected chi connectivity index (χ2v) is 8.27. The number of benzene rings is 2. The minimum absolute atomic E-state index is 0.111. The van der Waals surface area contributed by atoms with Crippen LogP contribution in [0.2, 0.25) is 5.02 Å². The molecular formula is C23H24ClN2O3-. The Morgan fingerprint density at radius 3 is 2.62 bits per heavy atom. The van der Waals surface area contributed by atoms with Crippen LogP contribution in [0.4, 0.5) is 5.69 Å². The van der Waals surface area contributed by atoms with Gasteiger partial charge in [-0.1, -0.05) is 41.9 Å². The molecule has 2 aromatic carbocycles. The molecule has 0 aromatic heterocycles. The maximum absolute atomic E-state index is 12.7. The topological polar surface area (TPSA) is 63.7 Å². The molecule has 5 nitrogen and oxygen atoms in total. The maximum Gasteiger partial charge on any atom is 0.231 e. The lowest BCUT2D eigenvalue weighted by Crippen LogP contribution is -2.46. The van der Waals surface area contributed by atoms with Crippen LogP contribution in [0.5, 0.6) is 0 Å². The van der Waals surface area contributed by atoms with Crippen LogP contribution in [-0.4, -0.2) is 42.5 Å². The van der Waals surface area contributed by atoms with Gasteiger partial charge in [0.15, 0.2) is 0 Å². The zero-order valence-electron chi connectivity index (χ0n) is 16.3. The van der Waals surface area contributed by atoms with E-state index >= 15 is 0 Å². The summed E-state index contributed by atoms with van der Waals surface area (Å²) in [5, 5.41) is 11.7. The minimum atomic E-state index is -1.10. The number of nitrogens with zero attached hydrogens (tertiary/aromatic N) is 2. The van der Waals surface area contributed by atoms with E-state index in [-0.39, 0.29) is 18.4 Å². The Morgan fingerprint density at radius 2 is 1.90 bits per heavy atom. The highest BCUT2D eigenvalue weighted by Crippen LogP contribution is 2.34. The van der Waals surface area contributed by atoms with Gasteiger partial charge in [0.1, 0.15) is 0 Å². The van der Waals surface area contributed by atoms with E-state index in [1.165, 1.54) is 5.56 Å². The van der Waals surface area contributed by atoms with E-state index in [2.05, 4.69) is 11.0 Å². The predicted octanol–water partition coefficient (Wildman–Crippen LogP) is 2.23. The number of likely N-dealkylation sites (tertiary alicyclic amines) is 1. The van der Waals surface area contributed by atoms with E-state index in [0.717, 1.165) is 55.2 Å². The van der Waals surface area contributed by atoms with Gasteiger partial charge in [-0.25, -0.2) is 0 Å². The number of carboxylic acids is 1. The number of halogens is 1. The zero-order valence-corrected chi connectivity index (χ0v) is 17.0. The van der Waals surface area contributed by atoms with E-state index in [9.17, 15) is 14.7 Å². The number of hydrogen-bond donors (Lipinski definition) is 0. The summed E-state index contributed by atoms with van der Waals surface area (Å²) < 4.78 is 0. The average molecular weight is 412 g/mol. The summed E-state index contributed by atoms with van der Waals surface area (Å²) in [5.41, 5.74) is 3.71. The number of hydrogen-bond acceptors (Lipinski definition) is 4. The third kappa shape index (κ3) is 4.46. The standard InChI is InChI=1S/C23H25ClN2O3/c24-20-4-2-1-3-17(20)7-10-25-11-8-19(9-12-25)26-21-13-16(14-23(28)29)5-6-18(21)15-22(26)27/h1-6,13,19H,7-12,14-15H2,(H,28,29)/p-1. The van der Waals surface area contributed by atoms with Gasteiger partial charge in [-0.05, 0) is 48.1 Å². The number of carbonyl (C=O) groups is 2. The number of carbonyl (C=O) groups excluding carboxylic acids is 2. The molecule has 1 fully saturated rings. The zero-order chi connectivity index (χ0) is 20.4. The maximum atomic E-state index is 12.7. The van der Waals surface area contributed by atoms with Crippen molar-refractivity contribution in [1.29, 1.82) is 0 Å². The van der Waals surface area contributed by atoms with Gasteiger partial charge in [0.2, 0.25) is 5.91 Å². The van der Waals surface area contributed by atoms with E-state index in [1.807, 2.05) is 35.2 Å². The van der Waals surface area contributed by atoms with E-state index in [0.29, 0.717) is 12.0 Å². The highest BCUT2D eigenvalue weighted by Gasteiger charge is 2.34. The number of rotatable bonds is 6. The third-order valence-electron chi connectivity index (χ3n) is 5.95. The van der Waals surface area contributed by atoms with Crippen molar-refractivity contribution in [2.45, 2.75) is 38.1 Å². The fraction of sp³-hybridized carbons (Fsp3) is 0.391. The van der Waals surface area contributed by atoms with Crippen LogP contribution in [0.3, 0.4) is 0 Å². The molecule has 29 heavy (non-hydrogen) atoms. The fourth-order valence-electron chi connectivity index (χ4n) is 4.42. The third-order valence-corrected chi connectivity index (χ3v) is 6.31. The Balaban J connectivity index is 1.38. The summed E-state index contributed by atoms with van der Waals surface area (Å²) in [7, 11) is 0. The highest BCUT2D eigenvalue weighted by molar-refractivity contribution is 6.31. The summed E-state index contributed by atoms with van der Waals surface area (Å²) in [6.07, 6.45) is 3.02. The highest BCUT2D eigenvalue weighted by atomic mass is 35.5. The monoisotopic (exact) mass is 411 g/mol. The molecule has 0 radical (unpaired) electrons. The minimum Gasteiger partial charge on any atom is -0.550 e. The van der Waals surface area contributed by atoms with E-state index in [4.69, 9.17) is 11.6 Å². The fourth-order valence-corrected chi connectivity index (χ4v) is 4.65. The van der Waals surface area contributed by atoms with Crippen molar-refractivity contribution in [2.75, 3.05) is 24.5 Å². The Hall–Kier alpha value is -2.37. The van der Waals surface area contributed by atoms with Gasteiger partial charge in [-0.3, -0.25) is 4.79 Å². The van der Waals surface area contributed by atoms with Gasteiger partial charge in [0, 0.05) is 48.8 Å². The van der Waals surface area contributed by atoms with Crippen molar-refractivity contribution in [3.8, 4) is 0 Å². The van der Waals surface area contributed by atoms with Crippen LogP contribution in [0, 0.1) is 0 Å². The molecule has 0 N–H and O–H groups in total. The summed E-state index contributed by atoms with van der Waals surface area (Å²) in [6, 6.07) is 13.6. The molecule has 1 amide bonds. The molecule has 0 aliphatic carbocycles. The molecule has 2 aliphatic heterocycles. The van der Waals surface area contributed by atoms with Gasteiger partial charge < -0.3 is 19.7 Å². The first-order valence-corrected chi connectivity index (χ1v) is 10.5. The van der Waals surface area contributed by atoms with Crippen LogP contribution in [0.1, 0.15) is 29.5 Å². The second-order valence-electron chi connectivity index (χ2n) is 7.87. The largest absolute Gasteiger partial charge is 0.550 e. The lowest BCUT2D eigenvalue weighted by Gasteiger charge is -2.37. The average Bonchev–Trinajstić information content (AvgIpc) is 3.02. The number of piperidine rings is 1. The molecular weight excluding hydrogens is 388 g/mol. The van der Waals surface area contributed by atoms with Gasteiger partial charge >= 0.3 is 0 Å². The summed E-state index contributed by atoms with van der Waals surface area (Å²) in [6.45, 7) is 2.83. The van der Waals surface area contributed by atoms with Gasteiger partial charge in [-0.2, -0.15) is 0 Å². The van der Waals surface area contributed by atoms with Gasteiger partial charge in [0.05, 0.1) is 6.42 Å². The smallest absolute Gasteiger partial charge is 0.231 e. The lowest BCUT2D eigenvalue weighted by atomic mass is 10.0. The Morgan fingerprint density at radius 1 is 1.14 bits per heavy atom. The van der Waals surface area contributed by atoms with Crippen LogP contribution in [-0.2, 0) is 28.9 Å². The second kappa shape index (κ2) is 8.56. The van der Waals surface area contributed by atoms with Crippen molar-refractivity contribution in [1.82, 2.24) is 4.90 Å². The molecule has 2 heterocycles. The van der Waals surface area contributed by atoms with E-state index in [1.54, 1.807) is 6.07 Å². The first-order valence-electron chi connectivity index (χ1n) is 10.1. The number of aliphatic carboxylic acids is 1. The molecule has 2 aliphatic rings. The first-order chi connectivity index (χ1) is 14.0. The molecule has 0 bridgehead atoms. The molecule has 0 spiro atoms. The summed E-state index contributed by atoms with van der Waals surface area (Å²) >= 11 is 6.26. The van der Waals surface area contributed by atoms with Crippen LogP contribution in [0.25, 0.3) is 0 Å². The quantitative estimate of drug-likeness (QED) is 0.731. The van der Waals surface area contributed by atoms with Crippen LogP contribution >= 0.6 is 11.6 Å². The number of carboxylic acid groups (broad SMARTS) is 1. The Labute approximate surface area is 175 Å². The van der Waals surface area contributed by atoms with Crippen LogP contribution < -0.4 is 10.0 Å². The van der Waals surface area contributed by atoms with Crippen molar-refractivity contribution in [2.24, 2.45) is 0 Å². The molecule has 0 saturated carbocycles. The van der Waals surface area contributed by atoms with E-state index < -0.39 is 5.97 Å². The van der Waals surface area contributed by atoms with Gasteiger partial charge in [0.25, 0.3) is 0 Å². The molecule has 0 atom stereocenters. The Bertz CT molecular complexity index is 922. The molecule has 6 heteroatoms. The Kier molecular flexibility index (Phi) is 5.88. The molecule has 4 rings (SSSR count). The SMILES string of the molecule is O=C([O-])Cc1ccc2c(c1)N(C1CCN(CCc3ccccc3Cl)CC1)C(=O)C2. The molecule has 2 aromatic rings. The van der Waals surface area contributed by atoms with Crippen molar-refractivity contribution in [3.63, 3.8) is 0 Å². The van der Waals surface area contributed by atoms with Crippen LogP contribution in [0.15, 0.2) is 42.5 Å². The van der Waals surface area contributed by atoms with Crippen molar-refractivity contribution in [3.05, 3.63) is 64.2 Å². The lowest BCUT2D eigenvalue weighted by molar-refractivity contribution is -0.304.